The molecule has 1 fully saturated rings. The summed E-state index contributed by atoms with van der Waals surface area (Å²) in [6.45, 7) is 5.71. The van der Waals surface area contributed by atoms with E-state index in [4.69, 9.17) is 0 Å². The number of carbonyl (C=O) groups excluding carboxylic acids is 1. The van der Waals surface area contributed by atoms with Gasteiger partial charge in [0.15, 0.2) is 0 Å². The predicted molar refractivity (Wildman–Crippen MR) is 107 cm³/mol. The first-order valence-corrected chi connectivity index (χ1v) is 9.73. The van der Waals surface area contributed by atoms with Crippen LogP contribution in [0.5, 0.6) is 0 Å². The van der Waals surface area contributed by atoms with Crippen LogP contribution in [-0.2, 0) is 17.8 Å². The van der Waals surface area contributed by atoms with E-state index in [1.165, 1.54) is 31.5 Å². The lowest BCUT2D eigenvalue weighted by Gasteiger charge is -2.30. The molecule has 1 aliphatic heterocycles. The molecule has 3 rings (SSSR count). The second-order valence-electron chi connectivity index (χ2n) is 7.01. The van der Waals surface area contributed by atoms with Crippen molar-refractivity contribution in [3.05, 3.63) is 64.1 Å². The molecule has 0 unspecified atom stereocenters. The van der Waals surface area contributed by atoms with Crippen LogP contribution in [0.15, 0.2) is 53.0 Å². The molecule has 25 heavy (non-hydrogen) atoms. The van der Waals surface area contributed by atoms with Gasteiger partial charge >= 0.3 is 0 Å². The molecule has 4 heteroatoms. The third kappa shape index (κ3) is 5.68. The molecule has 0 atom stereocenters. The topological polar surface area (TPSA) is 32.3 Å². The summed E-state index contributed by atoms with van der Waals surface area (Å²) < 4.78 is 1.02. The lowest BCUT2D eigenvalue weighted by molar-refractivity contribution is -0.115. The molecule has 132 valence electrons. The minimum Gasteiger partial charge on any atom is -0.326 e. The van der Waals surface area contributed by atoms with E-state index < -0.39 is 0 Å². The van der Waals surface area contributed by atoms with Gasteiger partial charge in [0.1, 0.15) is 0 Å². The van der Waals surface area contributed by atoms with E-state index in [1.807, 2.05) is 36.4 Å². The summed E-state index contributed by atoms with van der Waals surface area (Å²) in [5.41, 5.74) is 3.18. The molecule has 0 aliphatic carbocycles. The summed E-state index contributed by atoms with van der Waals surface area (Å²) in [5, 5.41) is 2.98. The van der Waals surface area contributed by atoms with E-state index >= 15 is 0 Å². The Hall–Kier alpha value is -1.65. The van der Waals surface area contributed by atoms with Crippen LogP contribution in [0.4, 0.5) is 5.69 Å². The molecule has 3 nitrogen and oxygen atoms in total. The van der Waals surface area contributed by atoms with E-state index in [1.54, 1.807) is 0 Å². The summed E-state index contributed by atoms with van der Waals surface area (Å²) in [5.74, 6) is 0.875. The first kappa shape index (κ1) is 18.2. The number of hydrogen-bond acceptors (Lipinski definition) is 2. The summed E-state index contributed by atoms with van der Waals surface area (Å²) in [6, 6.07) is 16.1. The molecule has 2 aromatic carbocycles. The Balaban J connectivity index is 1.50. The number of hydrogen-bond donors (Lipinski definition) is 1. The van der Waals surface area contributed by atoms with Gasteiger partial charge in [-0.1, -0.05) is 47.1 Å². The van der Waals surface area contributed by atoms with Crippen molar-refractivity contribution in [2.24, 2.45) is 5.92 Å². The maximum atomic E-state index is 12.2. The summed E-state index contributed by atoms with van der Waals surface area (Å²) >= 11 is 3.41. The van der Waals surface area contributed by atoms with E-state index in [0.717, 1.165) is 28.2 Å². The van der Waals surface area contributed by atoms with Crippen LogP contribution in [0.3, 0.4) is 0 Å². The standard InChI is InChI=1S/C21H25BrN2O/c1-16-10-12-24(13-11-16)15-18-4-8-20(9-5-18)23-21(25)14-17-2-6-19(22)7-3-17/h2-9,16H,10-15H2,1H3,(H,23,25). The average Bonchev–Trinajstić information content (AvgIpc) is 2.61. The number of halogens is 1. The highest BCUT2D eigenvalue weighted by atomic mass is 79.9. The zero-order valence-electron chi connectivity index (χ0n) is 14.7. The molecule has 2 aromatic rings. The third-order valence-electron chi connectivity index (χ3n) is 4.80. The number of nitrogens with zero attached hydrogens (tertiary/aromatic N) is 1. The van der Waals surface area contributed by atoms with Crippen LogP contribution in [0.25, 0.3) is 0 Å². The minimum atomic E-state index is 0.0140. The van der Waals surface area contributed by atoms with Gasteiger partial charge in [0.2, 0.25) is 5.91 Å². The lowest BCUT2D eigenvalue weighted by Crippen LogP contribution is -2.32. The second-order valence-corrected chi connectivity index (χ2v) is 7.92. The molecule has 1 aliphatic rings. The van der Waals surface area contributed by atoms with Crippen LogP contribution in [-0.4, -0.2) is 23.9 Å². The van der Waals surface area contributed by atoms with Crippen LogP contribution < -0.4 is 5.32 Å². The van der Waals surface area contributed by atoms with Crippen molar-refractivity contribution in [3.8, 4) is 0 Å². The minimum absolute atomic E-state index is 0.0140. The molecule has 0 bridgehead atoms. The Kier molecular flexibility index (Phi) is 6.27. The van der Waals surface area contributed by atoms with Crippen molar-refractivity contribution in [2.45, 2.75) is 32.7 Å². The highest BCUT2D eigenvalue weighted by Gasteiger charge is 2.15. The Morgan fingerprint density at radius 1 is 1.04 bits per heavy atom. The Morgan fingerprint density at radius 3 is 2.28 bits per heavy atom. The van der Waals surface area contributed by atoms with Gasteiger partial charge in [-0.3, -0.25) is 9.69 Å². The molecule has 0 saturated carbocycles. The van der Waals surface area contributed by atoms with E-state index in [9.17, 15) is 4.79 Å². The summed E-state index contributed by atoms with van der Waals surface area (Å²) in [7, 11) is 0. The van der Waals surface area contributed by atoms with E-state index in [-0.39, 0.29) is 5.91 Å². The highest BCUT2D eigenvalue weighted by Crippen LogP contribution is 2.19. The predicted octanol–water partition coefficient (Wildman–Crippen LogP) is 4.86. The highest BCUT2D eigenvalue weighted by molar-refractivity contribution is 9.10. The largest absolute Gasteiger partial charge is 0.326 e. The second kappa shape index (κ2) is 8.63. The van der Waals surface area contributed by atoms with Crippen molar-refractivity contribution in [1.82, 2.24) is 4.90 Å². The van der Waals surface area contributed by atoms with Crippen molar-refractivity contribution in [3.63, 3.8) is 0 Å². The number of piperidine rings is 1. The van der Waals surface area contributed by atoms with Crippen LogP contribution in [0.1, 0.15) is 30.9 Å². The zero-order chi connectivity index (χ0) is 17.6. The van der Waals surface area contributed by atoms with Crippen LogP contribution in [0.2, 0.25) is 0 Å². The van der Waals surface area contributed by atoms with E-state index in [2.05, 4.69) is 45.2 Å². The van der Waals surface area contributed by atoms with Gasteiger partial charge < -0.3 is 5.32 Å². The average molecular weight is 401 g/mol. The zero-order valence-corrected chi connectivity index (χ0v) is 16.3. The number of anilines is 1. The monoisotopic (exact) mass is 400 g/mol. The maximum Gasteiger partial charge on any atom is 0.228 e. The number of benzene rings is 2. The molecule has 1 saturated heterocycles. The molecule has 1 N–H and O–H groups in total. The van der Waals surface area contributed by atoms with Crippen molar-refractivity contribution in [1.29, 1.82) is 0 Å². The number of amides is 1. The van der Waals surface area contributed by atoms with Gasteiger partial charge in [-0.15, -0.1) is 0 Å². The number of likely N-dealkylation sites (tertiary alicyclic amines) is 1. The fourth-order valence-corrected chi connectivity index (χ4v) is 3.43. The Labute approximate surface area is 158 Å². The fraction of sp³-hybridized carbons (Fsp3) is 0.381. The number of nitrogens with one attached hydrogen (secondary N) is 1. The van der Waals surface area contributed by atoms with Gasteiger partial charge in [-0.2, -0.15) is 0 Å². The quantitative estimate of drug-likeness (QED) is 0.776. The fourth-order valence-electron chi connectivity index (χ4n) is 3.16. The number of carbonyl (C=O) groups is 1. The van der Waals surface area contributed by atoms with Crippen molar-refractivity contribution >= 4 is 27.5 Å². The SMILES string of the molecule is CC1CCN(Cc2ccc(NC(=O)Cc3ccc(Br)cc3)cc2)CC1. The third-order valence-corrected chi connectivity index (χ3v) is 5.33. The molecule has 1 amide bonds. The molecule has 1 heterocycles. The van der Waals surface area contributed by atoms with Gasteiger partial charge in [-0.25, -0.2) is 0 Å². The van der Waals surface area contributed by atoms with Crippen LogP contribution >= 0.6 is 15.9 Å². The van der Waals surface area contributed by atoms with E-state index in [0.29, 0.717) is 6.42 Å². The first-order valence-electron chi connectivity index (χ1n) is 8.94. The first-order chi connectivity index (χ1) is 12.1. The molecule has 0 radical (unpaired) electrons. The summed E-state index contributed by atoms with van der Waals surface area (Å²) in [4.78, 5) is 14.7. The maximum absolute atomic E-state index is 12.2. The van der Waals surface area contributed by atoms with Gasteiger partial charge in [0.05, 0.1) is 6.42 Å². The van der Waals surface area contributed by atoms with Crippen LogP contribution in [0, 0.1) is 5.92 Å². The number of rotatable bonds is 5. The molecular formula is C21H25BrN2O. The normalized spacial score (nSPS) is 15.9. The molecule has 0 spiro atoms. The molecule has 0 aromatic heterocycles. The van der Waals surface area contributed by atoms with Gasteiger partial charge in [-0.05, 0) is 67.2 Å². The Bertz CT molecular complexity index is 689. The summed E-state index contributed by atoms with van der Waals surface area (Å²) in [6.07, 6.45) is 2.98. The van der Waals surface area contributed by atoms with Gasteiger partial charge in [0.25, 0.3) is 0 Å². The molecular weight excluding hydrogens is 376 g/mol. The smallest absolute Gasteiger partial charge is 0.228 e. The van der Waals surface area contributed by atoms with Crippen molar-refractivity contribution < 1.29 is 4.79 Å². The Morgan fingerprint density at radius 2 is 1.64 bits per heavy atom. The lowest BCUT2D eigenvalue weighted by atomic mass is 9.99. The van der Waals surface area contributed by atoms with Gasteiger partial charge in [0, 0.05) is 16.7 Å². The van der Waals surface area contributed by atoms with Crippen molar-refractivity contribution in [2.75, 3.05) is 18.4 Å².